The minimum absolute atomic E-state index is 0.108. The van der Waals surface area contributed by atoms with Crippen LogP contribution in [-0.2, 0) is 6.54 Å². The molecule has 3 N–H and O–H groups in total. The van der Waals surface area contributed by atoms with Gasteiger partial charge in [0.05, 0.1) is 55.3 Å². The summed E-state index contributed by atoms with van der Waals surface area (Å²) in [6, 6.07) is 10.9. The lowest BCUT2D eigenvalue weighted by molar-refractivity contribution is 0.356. The Bertz CT molecular complexity index is 1420. The number of ether oxygens (including phenoxy) is 3. The third-order valence-corrected chi connectivity index (χ3v) is 5.99. The summed E-state index contributed by atoms with van der Waals surface area (Å²) in [7, 11) is 4.69. The number of aromatic nitrogens is 3. The van der Waals surface area contributed by atoms with E-state index >= 15 is 0 Å². The summed E-state index contributed by atoms with van der Waals surface area (Å²) in [6.07, 6.45) is 1.57. The van der Waals surface area contributed by atoms with Crippen molar-refractivity contribution in [2.24, 2.45) is 4.99 Å². The quantitative estimate of drug-likeness (QED) is 0.355. The molecule has 2 aromatic carbocycles. The number of nitrogens with one attached hydrogen (secondary N) is 1. The van der Waals surface area contributed by atoms with Gasteiger partial charge in [0.25, 0.3) is 5.56 Å². The number of hydrogen-bond donors (Lipinski definition) is 2. The Labute approximate surface area is 207 Å². The molecule has 2 heterocycles. The molecule has 0 bridgehead atoms. The summed E-state index contributed by atoms with van der Waals surface area (Å²) in [6.45, 7) is 2.68. The second-order valence-electron chi connectivity index (χ2n) is 7.66. The first-order valence-electron chi connectivity index (χ1n) is 10.9. The van der Waals surface area contributed by atoms with E-state index in [1.54, 1.807) is 44.2 Å². The van der Waals surface area contributed by atoms with Crippen LogP contribution in [0.1, 0.15) is 18.2 Å². The minimum Gasteiger partial charge on any atom is -0.497 e. The molecule has 0 aliphatic heterocycles. The first-order valence-corrected chi connectivity index (χ1v) is 11.3. The number of nitrogens with zero attached hydrogens (tertiary/aromatic N) is 3. The van der Waals surface area contributed by atoms with Crippen molar-refractivity contribution in [3.63, 3.8) is 0 Å². The van der Waals surface area contributed by atoms with Gasteiger partial charge in [-0.3, -0.25) is 9.79 Å². The number of anilines is 1. The second kappa shape index (κ2) is 10.1. The number of benzene rings is 2. The van der Waals surface area contributed by atoms with E-state index in [4.69, 9.17) is 31.5 Å². The van der Waals surface area contributed by atoms with E-state index in [0.29, 0.717) is 40.6 Å². The van der Waals surface area contributed by atoms with Crippen LogP contribution >= 0.6 is 11.6 Å². The summed E-state index contributed by atoms with van der Waals surface area (Å²) in [5.74, 6) is 2.06. The van der Waals surface area contributed by atoms with Gasteiger partial charge in [-0.1, -0.05) is 23.7 Å². The van der Waals surface area contributed by atoms with E-state index < -0.39 is 0 Å². The Morgan fingerprint density at radius 2 is 1.80 bits per heavy atom. The molecule has 10 heteroatoms. The topological polar surface area (TPSA) is 117 Å². The maximum absolute atomic E-state index is 13.8. The predicted octanol–water partition coefficient (Wildman–Crippen LogP) is 4.14. The van der Waals surface area contributed by atoms with Crippen molar-refractivity contribution in [1.82, 2.24) is 14.5 Å². The van der Waals surface area contributed by atoms with Crippen LogP contribution in [0.25, 0.3) is 22.4 Å². The van der Waals surface area contributed by atoms with Gasteiger partial charge >= 0.3 is 0 Å². The molecule has 0 radical (unpaired) electrons. The first-order chi connectivity index (χ1) is 16.9. The SMILES string of the molecule is CCN=Cc1c(N)c(Cl)c(-c2nc3cc(OC)c(OC)cc3[nH]2)c(=O)n1Cc1ccc(OC)cc1. The number of pyridine rings is 1. The number of H-pyrrole nitrogens is 1. The van der Waals surface area contributed by atoms with Crippen molar-refractivity contribution in [3.8, 4) is 28.6 Å². The Kier molecular flexibility index (Phi) is 6.97. The van der Waals surface area contributed by atoms with Gasteiger partial charge in [-0.05, 0) is 24.6 Å². The molecular formula is C25H26ClN5O4. The average Bonchev–Trinajstić information content (AvgIpc) is 3.28. The van der Waals surface area contributed by atoms with Crippen molar-refractivity contribution >= 4 is 34.5 Å². The van der Waals surface area contributed by atoms with E-state index in [2.05, 4.69) is 15.0 Å². The van der Waals surface area contributed by atoms with E-state index in [1.165, 1.54) is 0 Å². The monoisotopic (exact) mass is 495 g/mol. The third kappa shape index (κ3) is 4.54. The summed E-state index contributed by atoms with van der Waals surface area (Å²) < 4.78 is 17.5. The van der Waals surface area contributed by atoms with Crippen molar-refractivity contribution in [2.75, 3.05) is 33.6 Å². The highest BCUT2D eigenvalue weighted by molar-refractivity contribution is 6.36. The molecule has 2 aromatic heterocycles. The van der Waals surface area contributed by atoms with Crippen molar-refractivity contribution in [1.29, 1.82) is 0 Å². The van der Waals surface area contributed by atoms with Crippen molar-refractivity contribution in [2.45, 2.75) is 13.5 Å². The zero-order valence-corrected chi connectivity index (χ0v) is 20.6. The van der Waals surface area contributed by atoms with Crippen LogP contribution < -0.4 is 25.5 Å². The fourth-order valence-electron chi connectivity index (χ4n) is 3.78. The molecule has 0 unspecified atom stereocenters. The molecule has 35 heavy (non-hydrogen) atoms. The molecule has 0 amide bonds. The molecule has 9 nitrogen and oxygen atoms in total. The lowest BCUT2D eigenvalue weighted by Crippen LogP contribution is -2.28. The largest absolute Gasteiger partial charge is 0.497 e. The smallest absolute Gasteiger partial charge is 0.264 e. The van der Waals surface area contributed by atoms with Gasteiger partial charge in [0.1, 0.15) is 17.1 Å². The highest BCUT2D eigenvalue weighted by Gasteiger charge is 2.23. The molecule has 0 aliphatic rings. The van der Waals surface area contributed by atoms with Crippen LogP contribution in [0.3, 0.4) is 0 Å². The van der Waals surface area contributed by atoms with Crippen LogP contribution in [0.5, 0.6) is 17.2 Å². The number of rotatable bonds is 8. The molecule has 0 saturated carbocycles. The van der Waals surface area contributed by atoms with E-state index in [9.17, 15) is 4.79 Å². The number of aromatic amines is 1. The fraction of sp³-hybridized carbons (Fsp3) is 0.240. The van der Waals surface area contributed by atoms with Gasteiger partial charge < -0.3 is 29.5 Å². The number of fused-ring (bicyclic) bond motifs is 1. The lowest BCUT2D eigenvalue weighted by atomic mass is 10.1. The predicted molar refractivity (Wildman–Crippen MR) is 139 cm³/mol. The normalized spacial score (nSPS) is 11.3. The molecule has 0 aliphatic carbocycles. The van der Waals surface area contributed by atoms with Crippen LogP contribution in [-0.4, -0.2) is 48.6 Å². The first kappa shape index (κ1) is 24.2. The summed E-state index contributed by atoms with van der Waals surface area (Å²) in [5.41, 5.74) is 9.04. The van der Waals surface area contributed by atoms with Crippen molar-refractivity contribution in [3.05, 3.63) is 63.0 Å². The number of hydrogen-bond acceptors (Lipinski definition) is 7. The molecule has 0 atom stereocenters. The minimum atomic E-state index is -0.351. The lowest BCUT2D eigenvalue weighted by Gasteiger charge is -2.16. The van der Waals surface area contributed by atoms with E-state index in [-0.39, 0.29) is 28.4 Å². The average molecular weight is 496 g/mol. The summed E-state index contributed by atoms with van der Waals surface area (Å²) in [5, 5.41) is 0.108. The van der Waals surface area contributed by atoms with Gasteiger partial charge in [0, 0.05) is 24.9 Å². The molecule has 0 saturated heterocycles. The third-order valence-electron chi connectivity index (χ3n) is 5.60. The standard InChI is InChI=1S/C25H26ClN5O4/c1-5-28-12-18-23(27)22(26)21(25(32)31(18)13-14-6-8-15(33-2)9-7-14)24-29-16-10-19(34-3)20(35-4)11-17(16)30-24/h6-12H,5,13,27H2,1-4H3,(H,29,30). The summed E-state index contributed by atoms with van der Waals surface area (Å²) >= 11 is 6.65. The highest BCUT2D eigenvalue weighted by Crippen LogP contribution is 2.35. The summed E-state index contributed by atoms with van der Waals surface area (Å²) in [4.78, 5) is 25.9. The van der Waals surface area contributed by atoms with Crippen LogP contribution in [0.15, 0.2) is 46.2 Å². The number of halogens is 1. The van der Waals surface area contributed by atoms with E-state index in [1.807, 2.05) is 31.2 Å². The molecule has 182 valence electrons. The molecule has 4 rings (SSSR count). The zero-order chi connectivity index (χ0) is 25.1. The van der Waals surface area contributed by atoms with Crippen LogP contribution in [0.2, 0.25) is 5.02 Å². The Hall–Kier alpha value is -3.98. The Morgan fingerprint density at radius 1 is 1.11 bits per heavy atom. The number of nitrogens with two attached hydrogens (primary N) is 1. The van der Waals surface area contributed by atoms with Gasteiger partial charge in [0.2, 0.25) is 0 Å². The zero-order valence-electron chi connectivity index (χ0n) is 19.9. The molecule has 4 aromatic rings. The Balaban J connectivity index is 1.92. The van der Waals surface area contributed by atoms with Gasteiger partial charge in [-0.2, -0.15) is 0 Å². The molecular weight excluding hydrogens is 470 g/mol. The van der Waals surface area contributed by atoms with Crippen molar-refractivity contribution < 1.29 is 14.2 Å². The van der Waals surface area contributed by atoms with Gasteiger partial charge in [-0.25, -0.2) is 4.98 Å². The maximum Gasteiger partial charge on any atom is 0.264 e. The second-order valence-corrected chi connectivity index (χ2v) is 8.04. The van der Waals surface area contributed by atoms with Gasteiger partial charge in [-0.15, -0.1) is 0 Å². The number of imidazole rings is 1. The number of aliphatic imine (C=N–C) groups is 1. The van der Waals surface area contributed by atoms with Crippen LogP contribution in [0, 0.1) is 0 Å². The van der Waals surface area contributed by atoms with Crippen LogP contribution in [0.4, 0.5) is 5.69 Å². The molecule has 0 spiro atoms. The highest BCUT2D eigenvalue weighted by atomic mass is 35.5. The fourth-order valence-corrected chi connectivity index (χ4v) is 4.05. The van der Waals surface area contributed by atoms with E-state index in [0.717, 1.165) is 11.3 Å². The maximum atomic E-state index is 13.8. The Morgan fingerprint density at radius 3 is 2.43 bits per heavy atom. The van der Waals surface area contributed by atoms with Gasteiger partial charge in [0.15, 0.2) is 11.5 Å². The molecule has 0 fully saturated rings. The number of nitrogen functional groups attached to an aromatic ring is 1. The number of methoxy groups -OCH3 is 3.